The SMILES string of the molecule is CC(=O)N(CC(=O)N(C)c1ccc(Cl)c(COc2cccn3c(Br)c(C)nc23)c1Cl)N1CCOCC1.Cl.Cl. The molecular formula is C24H28BrCl4N5O4. The van der Waals surface area contributed by atoms with Crippen LogP contribution >= 0.6 is 63.9 Å². The van der Waals surface area contributed by atoms with E-state index < -0.39 is 0 Å². The van der Waals surface area contributed by atoms with Crippen LogP contribution in [0.25, 0.3) is 5.65 Å². The molecule has 0 spiro atoms. The van der Waals surface area contributed by atoms with Gasteiger partial charge in [-0.3, -0.25) is 19.0 Å². The van der Waals surface area contributed by atoms with E-state index in [2.05, 4.69) is 20.9 Å². The topological polar surface area (TPSA) is 79.6 Å². The second-order valence-electron chi connectivity index (χ2n) is 8.30. The maximum Gasteiger partial charge on any atom is 0.248 e. The third kappa shape index (κ3) is 6.85. The summed E-state index contributed by atoms with van der Waals surface area (Å²) in [5.74, 6) is 0.0520. The zero-order valence-corrected chi connectivity index (χ0v) is 25.7. The van der Waals surface area contributed by atoms with Crippen LogP contribution in [0.4, 0.5) is 5.69 Å². The van der Waals surface area contributed by atoms with Crippen LogP contribution < -0.4 is 9.64 Å². The van der Waals surface area contributed by atoms with E-state index in [0.29, 0.717) is 59.0 Å². The third-order valence-corrected chi connectivity index (χ3v) is 7.70. The van der Waals surface area contributed by atoms with Gasteiger partial charge >= 0.3 is 0 Å². The number of aryl methyl sites for hydroxylation is 1. The molecule has 14 heteroatoms. The number of morpholine rings is 1. The van der Waals surface area contributed by atoms with Gasteiger partial charge in [0.15, 0.2) is 11.4 Å². The standard InChI is InChI=1S/C24H26BrCl2N5O4.2ClH/c1-15-23(25)31-8-4-5-20(24(31)28-15)36-14-17-18(26)6-7-19(22(17)27)29(3)21(34)13-32(16(2)33)30-9-11-35-12-10-30;;/h4-8H,9-14H2,1-3H3;2*1H. The summed E-state index contributed by atoms with van der Waals surface area (Å²) in [5.41, 5.74) is 2.50. The fraction of sp³-hybridized carbons (Fsp3) is 0.375. The zero-order chi connectivity index (χ0) is 26.0. The van der Waals surface area contributed by atoms with Crippen molar-refractivity contribution in [2.45, 2.75) is 20.5 Å². The number of halogens is 5. The highest BCUT2D eigenvalue weighted by Gasteiger charge is 2.26. The Bertz CT molecular complexity index is 1300. The van der Waals surface area contributed by atoms with Crippen molar-refractivity contribution >= 4 is 87.1 Å². The molecule has 0 bridgehead atoms. The highest BCUT2D eigenvalue weighted by atomic mass is 79.9. The Hall–Kier alpha value is -1.79. The molecule has 38 heavy (non-hydrogen) atoms. The number of hydrogen-bond donors (Lipinski definition) is 0. The first-order valence-electron chi connectivity index (χ1n) is 11.3. The second kappa shape index (κ2) is 14.0. The molecule has 1 aromatic carbocycles. The third-order valence-electron chi connectivity index (χ3n) is 5.97. The number of nitrogens with zero attached hydrogens (tertiary/aromatic N) is 5. The van der Waals surface area contributed by atoms with Gasteiger partial charge in [0.05, 0.1) is 29.6 Å². The molecule has 3 aromatic rings. The second-order valence-corrected chi connectivity index (χ2v) is 9.83. The normalized spacial score (nSPS) is 13.4. The maximum absolute atomic E-state index is 13.1. The number of aromatic nitrogens is 2. The Kier molecular flexibility index (Phi) is 12.0. The predicted octanol–water partition coefficient (Wildman–Crippen LogP) is 5.19. The molecule has 2 amide bonds. The number of hydrazine groups is 1. The van der Waals surface area contributed by atoms with Crippen LogP contribution in [0.2, 0.25) is 10.0 Å². The Labute approximate surface area is 251 Å². The number of benzene rings is 1. The summed E-state index contributed by atoms with van der Waals surface area (Å²) in [6.07, 6.45) is 1.88. The van der Waals surface area contributed by atoms with Crippen LogP contribution in [0, 0.1) is 6.92 Å². The van der Waals surface area contributed by atoms with E-state index in [4.69, 9.17) is 32.7 Å². The number of carbonyl (C=O) groups excluding carboxylic acids is 2. The van der Waals surface area contributed by atoms with Gasteiger partial charge in [0.1, 0.15) is 17.8 Å². The largest absolute Gasteiger partial charge is 0.485 e. The maximum atomic E-state index is 13.1. The molecule has 0 atom stereocenters. The number of anilines is 1. The van der Waals surface area contributed by atoms with E-state index in [1.165, 1.54) is 16.8 Å². The van der Waals surface area contributed by atoms with Crippen molar-refractivity contribution in [3.05, 3.63) is 56.4 Å². The Morgan fingerprint density at radius 1 is 1.18 bits per heavy atom. The lowest BCUT2D eigenvalue weighted by molar-refractivity contribution is -0.158. The van der Waals surface area contributed by atoms with E-state index in [0.717, 1.165) is 10.3 Å². The van der Waals surface area contributed by atoms with Crippen molar-refractivity contribution in [1.29, 1.82) is 0 Å². The van der Waals surface area contributed by atoms with E-state index in [1.807, 2.05) is 34.7 Å². The minimum Gasteiger partial charge on any atom is -0.485 e. The Morgan fingerprint density at radius 2 is 1.87 bits per heavy atom. The van der Waals surface area contributed by atoms with Gasteiger partial charge in [-0.25, -0.2) is 9.99 Å². The van der Waals surface area contributed by atoms with Crippen molar-refractivity contribution in [1.82, 2.24) is 19.4 Å². The lowest BCUT2D eigenvalue weighted by Crippen LogP contribution is -2.54. The zero-order valence-electron chi connectivity index (χ0n) is 20.9. The van der Waals surface area contributed by atoms with Crippen molar-refractivity contribution in [2.75, 3.05) is 44.8 Å². The van der Waals surface area contributed by atoms with Gasteiger partial charge in [-0.1, -0.05) is 23.2 Å². The number of rotatable bonds is 7. The van der Waals surface area contributed by atoms with Gasteiger partial charge < -0.3 is 14.4 Å². The molecule has 3 heterocycles. The van der Waals surface area contributed by atoms with E-state index in [9.17, 15) is 9.59 Å². The highest BCUT2D eigenvalue weighted by Crippen LogP contribution is 2.35. The molecule has 0 saturated carbocycles. The van der Waals surface area contributed by atoms with Crippen LogP contribution in [0.3, 0.4) is 0 Å². The molecule has 1 aliphatic rings. The Balaban J connectivity index is 0.00000253. The minimum absolute atomic E-state index is 0. The van der Waals surface area contributed by atoms with Gasteiger partial charge in [0.25, 0.3) is 0 Å². The number of likely N-dealkylation sites (N-methyl/N-ethyl adjacent to an activating group) is 1. The van der Waals surface area contributed by atoms with Gasteiger partial charge in [-0.05, 0) is 47.1 Å². The monoisotopic (exact) mass is 669 g/mol. The average Bonchev–Trinajstić information content (AvgIpc) is 3.16. The van der Waals surface area contributed by atoms with Crippen molar-refractivity contribution < 1.29 is 19.1 Å². The first-order chi connectivity index (χ1) is 17.2. The van der Waals surface area contributed by atoms with Gasteiger partial charge in [-0.15, -0.1) is 24.8 Å². The number of ether oxygens (including phenoxy) is 2. The van der Waals surface area contributed by atoms with Crippen LogP contribution in [-0.4, -0.2) is 71.1 Å². The average molecular weight is 672 g/mol. The molecule has 0 aliphatic carbocycles. The molecule has 9 nitrogen and oxygen atoms in total. The first kappa shape index (κ1) is 32.4. The fourth-order valence-corrected chi connectivity index (χ4v) is 4.92. The molecule has 1 saturated heterocycles. The van der Waals surface area contributed by atoms with E-state index in [1.54, 1.807) is 19.2 Å². The molecule has 208 valence electrons. The predicted molar refractivity (Wildman–Crippen MR) is 156 cm³/mol. The summed E-state index contributed by atoms with van der Waals surface area (Å²) in [6, 6.07) is 7.02. The molecule has 4 rings (SSSR count). The van der Waals surface area contributed by atoms with Crippen molar-refractivity contribution in [3.63, 3.8) is 0 Å². The number of amides is 2. The smallest absolute Gasteiger partial charge is 0.248 e. The number of hydrogen-bond acceptors (Lipinski definition) is 6. The lowest BCUT2D eigenvalue weighted by Gasteiger charge is -2.37. The Morgan fingerprint density at radius 3 is 2.53 bits per heavy atom. The number of fused-ring (bicyclic) bond motifs is 1. The quantitative estimate of drug-likeness (QED) is 0.344. The molecule has 0 unspecified atom stereocenters. The van der Waals surface area contributed by atoms with Crippen molar-refractivity contribution in [3.8, 4) is 5.75 Å². The number of imidazole rings is 1. The molecule has 0 radical (unpaired) electrons. The van der Waals surface area contributed by atoms with Crippen LogP contribution in [-0.2, 0) is 20.9 Å². The minimum atomic E-state index is -0.296. The summed E-state index contributed by atoms with van der Waals surface area (Å²) in [7, 11) is 1.62. The fourth-order valence-electron chi connectivity index (χ4n) is 3.94. The summed E-state index contributed by atoms with van der Waals surface area (Å²) in [6.45, 7) is 5.38. The molecule has 2 aromatic heterocycles. The molecule has 1 aliphatic heterocycles. The van der Waals surface area contributed by atoms with Crippen LogP contribution in [0.1, 0.15) is 18.2 Å². The summed E-state index contributed by atoms with van der Waals surface area (Å²) in [5, 5.41) is 3.99. The van der Waals surface area contributed by atoms with Gasteiger partial charge in [0, 0.05) is 43.8 Å². The van der Waals surface area contributed by atoms with Crippen molar-refractivity contribution in [2.24, 2.45) is 0 Å². The summed E-state index contributed by atoms with van der Waals surface area (Å²) in [4.78, 5) is 31.4. The molecule has 1 fully saturated rings. The highest BCUT2D eigenvalue weighted by molar-refractivity contribution is 9.10. The summed E-state index contributed by atoms with van der Waals surface area (Å²) >= 11 is 16.7. The molecular weight excluding hydrogens is 644 g/mol. The number of carbonyl (C=O) groups is 2. The molecule has 0 N–H and O–H groups in total. The van der Waals surface area contributed by atoms with Crippen LogP contribution in [0.5, 0.6) is 5.75 Å². The number of pyridine rings is 1. The first-order valence-corrected chi connectivity index (χ1v) is 12.8. The summed E-state index contributed by atoms with van der Waals surface area (Å²) < 4.78 is 14.1. The van der Waals surface area contributed by atoms with Crippen LogP contribution in [0.15, 0.2) is 35.1 Å². The van der Waals surface area contributed by atoms with E-state index >= 15 is 0 Å². The lowest BCUT2D eigenvalue weighted by atomic mass is 10.2. The van der Waals surface area contributed by atoms with Gasteiger partial charge in [-0.2, -0.15) is 0 Å². The van der Waals surface area contributed by atoms with Gasteiger partial charge in [0.2, 0.25) is 11.8 Å². The van der Waals surface area contributed by atoms with E-state index in [-0.39, 0.29) is 49.8 Å².